The molecular formula is C11H18N6. The number of nitrogens with one attached hydrogen (secondary N) is 1. The van der Waals surface area contributed by atoms with Gasteiger partial charge in [-0.15, -0.1) is 5.10 Å². The van der Waals surface area contributed by atoms with Crippen molar-refractivity contribution in [3.8, 4) is 0 Å². The lowest BCUT2D eigenvalue weighted by Crippen LogP contribution is -2.18. The second kappa shape index (κ2) is 5.07. The third-order valence-corrected chi connectivity index (χ3v) is 2.68. The zero-order valence-electron chi connectivity index (χ0n) is 10.5. The Labute approximate surface area is 100 Å². The van der Waals surface area contributed by atoms with E-state index in [-0.39, 0.29) is 0 Å². The summed E-state index contributed by atoms with van der Waals surface area (Å²) in [7, 11) is 0. The Morgan fingerprint density at radius 2 is 2.06 bits per heavy atom. The van der Waals surface area contributed by atoms with Crippen molar-refractivity contribution in [1.29, 1.82) is 0 Å². The average Bonchev–Trinajstić information content (AvgIpc) is 2.75. The Kier molecular flexibility index (Phi) is 3.51. The molecule has 0 spiro atoms. The average molecular weight is 234 g/mol. The van der Waals surface area contributed by atoms with Crippen molar-refractivity contribution in [3.05, 3.63) is 12.4 Å². The van der Waals surface area contributed by atoms with E-state index in [2.05, 4.69) is 46.6 Å². The van der Waals surface area contributed by atoms with Crippen molar-refractivity contribution in [2.45, 2.75) is 39.7 Å². The second-order valence-electron chi connectivity index (χ2n) is 4.76. The Morgan fingerprint density at radius 1 is 1.24 bits per heavy atom. The number of fused-ring (bicyclic) bond motifs is 1. The highest BCUT2D eigenvalue weighted by atomic mass is 15.5. The van der Waals surface area contributed by atoms with Crippen molar-refractivity contribution in [1.82, 2.24) is 25.0 Å². The van der Waals surface area contributed by atoms with E-state index < -0.39 is 0 Å². The van der Waals surface area contributed by atoms with Gasteiger partial charge in [-0.2, -0.15) is 4.52 Å². The lowest BCUT2D eigenvalue weighted by atomic mass is 10.0. The summed E-state index contributed by atoms with van der Waals surface area (Å²) >= 11 is 0. The molecule has 2 aromatic heterocycles. The molecule has 92 valence electrons. The Morgan fingerprint density at radius 3 is 2.82 bits per heavy atom. The fourth-order valence-electron chi connectivity index (χ4n) is 1.68. The molecule has 17 heavy (non-hydrogen) atoms. The van der Waals surface area contributed by atoms with Crippen molar-refractivity contribution < 1.29 is 0 Å². The van der Waals surface area contributed by atoms with Crippen LogP contribution in [0.3, 0.4) is 0 Å². The van der Waals surface area contributed by atoms with Gasteiger partial charge >= 0.3 is 0 Å². The fourth-order valence-corrected chi connectivity index (χ4v) is 1.68. The van der Waals surface area contributed by atoms with Gasteiger partial charge in [0.25, 0.3) is 0 Å². The quantitative estimate of drug-likeness (QED) is 0.853. The molecule has 0 aliphatic rings. The van der Waals surface area contributed by atoms with Crippen LogP contribution in [0.1, 0.15) is 33.6 Å². The minimum atomic E-state index is 0.383. The number of hydrogen-bond acceptors (Lipinski definition) is 5. The SMILES string of the molecule is CC(C)CCC(C)Nc1cncc2nnnn12. The standard InChI is InChI=1S/C11H18N6/c1-8(2)4-5-9(3)13-10-6-12-7-11-14-15-16-17(10)11/h6-9,13H,4-5H2,1-3H3. The van der Waals surface area contributed by atoms with Gasteiger partial charge in [0, 0.05) is 6.04 Å². The topological polar surface area (TPSA) is 68.0 Å². The predicted molar refractivity (Wildman–Crippen MR) is 65.7 cm³/mol. The number of rotatable bonds is 5. The van der Waals surface area contributed by atoms with E-state index in [4.69, 9.17) is 0 Å². The first kappa shape index (κ1) is 11.8. The summed E-state index contributed by atoms with van der Waals surface area (Å²) in [5.74, 6) is 1.56. The highest BCUT2D eigenvalue weighted by molar-refractivity contribution is 5.44. The monoisotopic (exact) mass is 234 g/mol. The number of hydrogen-bond donors (Lipinski definition) is 1. The van der Waals surface area contributed by atoms with Gasteiger partial charge in [0.05, 0.1) is 12.4 Å². The van der Waals surface area contributed by atoms with Crippen LogP contribution in [-0.2, 0) is 0 Å². The van der Waals surface area contributed by atoms with Gasteiger partial charge in [0.1, 0.15) is 0 Å². The maximum absolute atomic E-state index is 4.11. The molecule has 0 saturated heterocycles. The molecule has 0 aromatic carbocycles. The lowest BCUT2D eigenvalue weighted by molar-refractivity contribution is 0.526. The summed E-state index contributed by atoms with van der Waals surface area (Å²) in [4.78, 5) is 4.11. The predicted octanol–water partition coefficient (Wildman–Crippen LogP) is 1.76. The molecule has 2 aromatic rings. The van der Waals surface area contributed by atoms with Gasteiger partial charge in [0.2, 0.25) is 0 Å². The molecule has 0 radical (unpaired) electrons. The number of tetrazole rings is 1. The molecule has 1 atom stereocenters. The Hall–Kier alpha value is -1.72. The highest BCUT2D eigenvalue weighted by Gasteiger charge is 2.08. The minimum Gasteiger partial charge on any atom is -0.366 e. The van der Waals surface area contributed by atoms with Crippen molar-refractivity contribution >= 4 is 11.5 Å². The van der Waals surface area contributed by atoms with Crippen molar-refractivity contribution in [2.24, 2.45) is 5.92 Å². The normalized spacial score (nSPS) is 13.2. The van der Waals surface area contributed by atoms with E-state index in [1.54, 1.807) is 16.9 Å². The molecule has 1 N–H and O–H groups in total. The first-order valence-electron chi connectivity index (χ1n) is 5.95. The first-order chi connectivity index (χ1) is 8.16. The smallest absolute Gasteiger partial charge is 0.199 e. The van der Waals surface area contributed by atoms with Crippen LogP contribution >= 0.6 is 0 Å². The lowest BCUT2D eigenvalue weighted by Gasteiger charge is -2.16. The fraction of sp³-hybridized carbons (Fsp3) is 0.636. The van der Waals surface area contributed by atoms with Crippen LogP contribution in [0.2, 0.25) is 0 Å². The molecule has 0 aliphatic heterocycles. The molecule has 0 amide bonds. The van der Waals surface area contributed by atoms with Crippen LogP contribution < -0.4 is 5.32 Å². The van der Waals surface area contributed by atoms with Crippen molar-refractivity contribution in [3.63, 3.8) is 0 Å². The van der Waals surface area contributed by atoms with Crippen LogP contribution in [0.15, 0.2) is 12.4 Å². The minimum absolute atomic E-state index is 0.383. The van der Waals surface area contributed by atoms with Gasteiger partial charge in [-0.25, -0.2) is 0 Å². The molecular weight excluding hydrogens is 216 g/mol. The molecule has 6 nitrogen and oxygen atoms in total. The third kappa shape index (κ3) is 2.89. The molecule has 2 heterocycles. The van der Waals surface area contributed by atoms with E-state index in [0.717, 1.165) is 18.2 Å². The molecule has 6 heteroatoms. The van der Waals surface area contributed by atoms with Crippen molar-refractivity contribution in [2.75, 3.05) is 5.32 Å². The summed E-state index contributed by atoms with van der Waals surface area (Å²) in [5.41, 5.74) is 0.658. The van der Waals surface area contributed by atoms with E-state index in [9.17, 15) is 0 Å². The molecule has 0 fully saturated rings. The number of nitrogens with zero attached hydrogens (tertiary/aromatic N) is 5. The number of anilines is 1. The first-order valence-corrected chi connectivity index (χ1v) is 5.95. The van der Waals surface area contributed by atoms with E-state index in [1.807, 2.05) is 0 Å². The largest absolute Gasteiger partial charge is 0.366 e. The maximum Gasteiger partial charge on any atom is 0.199 e. The zero-order valence-corrected chi connectivity index (χ0v) is 10.5. The summed E-state index contributed by atoms with van der Waals surface area (Å²) in [6.07, 6.45) is 5.71. The van der Waals surface area contributed by atoms with Gasteiger partial charge < -0.3 is 5.32 Å². The van der Waals surface area contributed by atoms with Gasteiger partial charge in [-0.3, -0.25) is 4.98 Å². The maximum atomic E-state index is 4.11. The van der Waals surface area contributed by atoms with Crippen LogP contribution in [-0.4, -0.2) is 31.1 Å². The van der Waals surface area contributed by atoms with Crippen LogP contribution in [0.4, 0.5) is 5.82 Å². The summed E-state index contributed by atoms with van der Waals surface area (Å²) < 4.78 is 1.67. The van der Waals surface area contributed by atoms with Crippen LogP contribution in [0.25, 0.3) is 5.65 Å². The molecule has 0 aliphatic carbocycles. The molecule has 0 bridgehead atoms. The summed E-state index contributed by atoms with van der Waals surface area (Å²) in [6, 6.07) is 0.383. The second-order valence-corrected chi connectivity index (χ2v) is 4.76. The van der Waals surface area contributed by atoms with Gasteiger partial charge in [0.15, 0.2) is 11.5 Å². The highest BCUT2D eigenvalue weighted by Crippen LogP contribution is 2.12. The summed E-state index contributed by atoms with van der Waals surface area (Å²) in [6.45, 7) is 6.62. The Balaban J connectivity index is 2.05. The van der Waals surface area contributed by atoms with E-state index in [0.29, 0.717) is 11.7 Å². The van der Waals surface area contributed by atoms with Gasteiger partial charge in [-0.1, -0.05) is 13.8 Å². The molecule has 0 saturated carbocycles. The number of aromatic nitrogens is 5. The van der Waals surface area contributed by atoms with E-state index in [1.165, 1.54) is 6.42 Å². The zero-order chi connectivity index (χ0) is 12.3. The van der Waals surface area contributed by atoms with Crippen LogP contribution in [0.5, 0.6) is 0 Å². The van der Waals surface area contributed by atoms with Gasteiger partial charge in [-0.05, 0) is 36.1 Å². The van der Waals surface area contributed by atoms with E-state index >= 15 is 0 Å². The molecule has 1 unspecified atom stereocenters. The Bertz CT molecular complexity index is 478. The van der Waals surface area contributed by atoms with Crippen LogP contribution in [0, 0.1) is 5.92 Å². The third-order valence-electron chi connectivity index (χ3n) is 2.68. The molecule has 2 rings (SSSR count). The summed E-state index contributed by atoms with van der Waals surface area (Å²) in [5, 5.41) is 14.8.